The molecule has 1 N–H and O–H groups in total. The molecule has 1 aromatic rings. The van der Waals surface area contributed by atoms with Crippen molar-refractivity contribution in [2.24, 2.45) is 0 Å². The molecule has 0 aromatic carbocycles. The van der Waals surface area contributed by atoms with Gasteiger partial charge in [-0.25, -0.2) is 0 Å². The second kappa shape index (κ2) is 6.60. The van der Waals surface area contributed by atoms with Gasteiger partial charge in [-0.2, -0.15) is 5.10 Å². The van der Waals surface area contributed by atoms with Gasteiger partial charge >= 0.3 is 5.97 Å². The molecule has 5 nitrogen and oxygen atoms in total. The molecule has 0 amide bonds. The average Bonchev–Trinajstić information content (AvgIpc) is 3.03. The first-order valence-corrected chi connectivity index (χ1v) is 7.87. The van der Waals surface area contributed by atoms with Crippen molar-refractivity contribution < 1.29 is 9.90 Å². The van der Waals surface area contributed by atoms with Crippen LogP contribution in [0.25, 0.3) is 0 Å². The molecule has 1 heterocycles. The van der Waals surface area contributed by atoms with Gasteiger partial charge in [0.15, 0.2) is 0 Å². The van der Waals surface area contributed by atoms with E-state index in [-0.39, 0.29) is 12.0 Å². The van der Waals surface area contributed by atoms with Crippen LogP contribution in [0.5, 0.6) is 0 Å². The van der Waals surface area contributed by atoms with E-state index in [1.165, 1.54) is 25.7 Å². The van der Waals surface area contributed by atoms with E-state index < -0.39 is 5.97 Å². The Kier molecular flexibility index (Phi) is 5.04. The van der Waals surface area contributed by atoms with Crippen LogP contribution in [0.3, 0.4) is 0 Å². The zero-order valence-electron chi connectivity index (χ0n) is 13.4. The molecule has 1 aromatic heterocycles. The third-order valence-corrected chi connectivity index (χ3v) is 4.26. The van der Waals surface area contributed by atoms with E-state index in [1.807, 2.05) is 0 Å². The van der Waals surface area contributed by atoms with Crippen LogP contribution in [0, 0.1) is 0 Å². The van der Waals surface area contributed by atoms with Crippen LogP contribution in [-0.4, -0.2) is 37.8 Å². The smallest absolute Gasteiger partial charge is 0.304 e. The van der Waals surface area contributed by atoms with E-state index in [0.717, 1.165) is 5.69 Å². The summed E-state index contributed by atoms with van der Waals surface area (Å²) in [7, 11) is 0. The van der Waals surface area contributed by atoms with E-state index in [4.69, 9.17) is 10.2 Å². The number of carboxylic acids is 1. The molecule has 1 aliphatic carbocycles. The van der Waals surface area contributed by atoms with E-state index in [0.29, 0.717) is 19.1 Å². The summed E-state index contributed by atoms with van der Waals surface area (Å²) in [6.45, 7) is 7.60. The Bertz CT molecular complexity index is 470. The number of hydrogen-bond acceptors (Lipinski definition) is 3. The lowest BCUT2D eigenvalue weighted by atomic mass is 10.1. The first-order chi connectivity index (χ1) is 9.86. The Morgan fingerprint density at radius 3 is 2.67 bits per heavy atom. The van der Waals surface area contributed by atoms with Crippen LogP contribution in [0.4, 0.5) is 0 Å². The van der Waals surface area contributed by atoms with Gasteiger partial charge in [0.1, 0.15) is 0 Å². The molecular weight excluding hydrogens is 266 g/mol. The van der Waals surface area contributed by atoms with Gasteiger partial charge in [-0.05, 0) is 39.7 Å². The monoisotopic (exact) mass is 293 g/mol. The van der Waals surface area contributed by atoms with Crippen molar-refractivity contribution in [3.05, 3.63) is 18.0 Å². The minimum absolute atomic E-state index is 0.0629. The van der Waals surface area contributed by atoms with E-state index >= 15 is 0 Å². The van der Waals surface area contributed by atoms with Gasteiger partial charge in [0.05, 0.1) is 18.2 Å². The SMILES string of the molecule is CC(C)(C)N(CCC(=O)O)Cc1ccn(C2CCCC2)n1. The van der Waals surface area contributed by atoms with Gasteiger partial charge in [-0.3, -0.25) is 14.4 Å². The number of carbonyl (C=O) groups is 1. The highest BCUT2D eigenvalue weighted by Crippen LogP contribution is 2.29. The standard InChI is InChI=1S/C16H27N3O2/c1-16(2,3)18(10-9-15(20)21)12-13-8-11-19(17-13)14-6-4-5-7-14/h8,11,14H,4-7,9-10,12H2,1-3H3,(H,20,21). The fourth-order valence-corrected chi connectivity index (χ4v) is 2.91. The van der Waals surface area contributed by atoms with Crippen LogP contribution < -0.4 is 0 Å². The molecule has 1 saturated carbocycles. The van der Waals surface area contributed by atoms with Crippen LogP contribution >= 0.6 is 0 Å². The molecule has 5 heteroatoms. The second-order valence-electron chi connectivity index (χ2n) is 6.96. The molecular formula is C16H27N3O2. The first-order valence-electron chi connectivity index (χ1n) is 7.87. The molecule has 118 valence electrons. The average molecular weight is 293 g/mol. The Morgan fingerprint density at radius 2 is 2.10 bits per heavy atom. The summed E-state index contributed by atoms with van der Waals surface area (Å²) in [5.74, 6) is -0.749. The molecule has 0 spiro atoms. The van der Waals surface area contributed by atoms with Gasteiger partial charge in [0, 0.05) is 24.8 Å². The van der Waals surface area contributed by atoms with E-state index in [9.17, 15) is 4.79 Å². The number of aromatic nitrogens is 2. The molecule has 0 aliphatic heterocycles. The van der Waals surface area contributed by atoms with E-state index in [2.05, 4.69) is 42.6 Å². The first kappa shape index (κ1) is 16.0. The van der Waals surface area contributed by atoms with Gasteiger partial charge in [-0.15, -0.1) is 0 Å². The van der Waals surface area contributed by atoms with Gasteiger partial charge in [0.25, 0.3) is 0 Å². The zero-order chi connectivity index (χ0) is 15.5. The third-order valence-electron chi connectivity index (χ3n) is 4.26. The third kappa shape index (κ3) is 4.56. The highest BCUT2D eigenvalue weighted by Gasteiger charge is 2.23. The van der Waals surface area contributed by atoms with Crippen molar-refractivity contribution in [2.75, 3.05) is 6.54 Å². The minimum atomic E-state index is -0.749. The highest BCUT2D eigenvalue weighted by atomic mass is 16.4. The Labute approximate surface area is 126 Å². The number of nitrogens with zero attached hydrogens (tertiary/aromatic N) is 3. The summed E-state index contributed by atoms with van der Waals surface area (Å²) >= 11 is 0. The van der Waals surface area contributed by atoms with Crippen LogP contribution in [0.15, 0.2) is 12.3 Å². The maximum absolute atomic E-state index is 10.8. The molecule has 0 unspecified atom stereocenters. The molecule has 0 radical (unpaired) electrons. The Morgan fingerprint density at radius 1 is 1.43 bits per heavy atom. The summed E-state index contributed by atoms with van der Waals surface area (Å²) in [5, 5.41) is 13.6. The Balaban J connectivity index is 2.00. The summed E-state index contributed by atoms with van der Waals surface area (Å²) in [6.07, 6.45) is 7.29. The van der Waals surface area contributed by atoms with Crippen molar-refractivity contribution in [1.29, 1.82) is 0 Å². The quantitative estimate of drug-likeness (QED) is 0.875. The fourth-order valence-electron chi connectivity index (χ4n) is 2.91. The highest BCUT2D eigenvalue weighted by molar-refractivity contribution is 5.66. The lowest BCUT2D eigenvalue weighted by Crippen LogP contribution is -2.42. The molecule has 1 aliphatic rings. The van der Waals surface area contributed by atoms with Crippen molar-refractivity contribution in [3.8, 4) is 0 Å². The second-order valence-corrected chi connectivity index (χ2v) is 6.96. The summed E-state index contributed by atoms with van der Waals surface area (Å²) < 4.78 is 2.10. The largest absolute Gasteiger partial charge is 0.481 e. The Hall–Kier alpha value is -1.36. The van der Waals surface area contributed by atoms with Gasteiger partial charge in [0.2, 0.25) is 0 Å². The maximum Gasteiger partial charge on any atom is 0.304 e. The number of rotatable bonds is 6. The predicted octanol–water partition coefficient (Wildman–Crippen LogP) is 3.07. The van der Waals surface area contributed by atoms with Crippen molar-refractivity contribution in [2.45, 2.75) is 71.0 Å². The number of carboxylic acid groups (broad SMARTS) is 1. The van der Waals surface area contributed by atoms with E-state index in [1.54, 1.807) is 0 Å². The summed E-state index contributed by atoms with van der Waals surface area (Å²) in [4.78, 5) is 13.0. The molecule has 0 atom stereocenters. The van der Waals surface area contributed by atoms with Crippen molar-refractivity contribution >= 4 is 5.97 Å². The van der Waals surface area contributed by atoms with Crippen LogP contribution in [0.2, 0.25) is 0 Å². The molecule has 0 saturated heterocycles. The van der Waals surface area contributed by atoms with Crippen molar-refractivity contribution in [1.82, 2.24) is 14.7 Å². The molecule has 0 bridgehead atoms. The zero-order valence-corrected chi connectivity index (χ0v) is 13.4. The summed E-state index contributed by atoms with van der Waals surface area (Å²) in [6, 6.07) is 2.62. The maximum atomic E-state index is 10.8. The molecule has 21 heavy (non-hydrogen) atoms. The van der Waals surface area contributed by atoms with Crippen LogP contribution in [-0.2, 0) is 11.3 Å². The summed E-state index contributed by atoms with van der Waals surface area (Å²) in [5.41, 5.74) is 0.967. The lowest BCUT2D eigenvalue weighted by molar-refractivity contribution is -0.137. The van der Waals surface area contributed by atoms with Gasteiger partial charge in [-0.1, -0.05) is 12.8 Å². The number of hydrogen-bond donors (Lipinski definition) is 1. The normalized spacial score (nSPS) is 16.8. The predicted molar refractivity (Wildman–Crippen MR) is 82.1 cm³/mol. The lowest BCUT2D eigenvalue weighted by Gasteiger charge is -2.34. The molecule has 1 fully saturated rings. The fraction of sp³-hybridized carbons (Fsp3) is 0.750. The number of aliphatic carboxylic acids is 1. The molecule has 2 rings (SSSR count). The van der Waals surface area contributed by atoms with Gasteiger partial charge < -0.3 is 5.11 Å². The van der Waals surface area contributed by atoms with Crippen molar-refractivity contribution in [3.63, 3.8) is 0 Å². The topological polar surface area (TPSA) is 58.4 Å². The minimum Gasteiger partial charge on any atom is -0.481 e. The van der Waals surface area contributed by atoms with Crippen LogP contribution in [0.1, 0.15) is 64.6 Å².